The van der Waals surface area contributed by atoms with Crippen molar-refractivity contribution in [2.24, 2.45) is 5.10 Å². The first-order valence-electron chi connectivity index (χ1n) is 8.37. The average molecular weight is 435 g/mol. The van der Waals surface area contributed by atoms with E-state index in [4.69, 9.17) is 0 Å². The van der Waals surface area contributed by atoms with Gasteiger partial charge in [-0.2, -0.15) is 35.8 Å². The fraction of sp³-hybridized carbons (Fsp3) is 0.211. The summed E-state index contributed by atoms with van der Waals surface area (Å²) in [6.45, 7) is 0.268. The number of alkyl halides is 7. The number of para-hydroxylation sites is 1. The summed E-state index contributed by atoms with van der Waals surface area (Å²) in [5.41, 5.74) is 2.14. The fourth-order valence-electron chi connectivity index (χ4n) is 2.73. The van der Waals surface area contributed by atoms with Crippen molar-refractivity contribution >= 4 is 17.1 Å². The number of hydrogen-bond donors (Lipinski definition) is 1. The highest BCUT2D eigenvalue weighted by molar-refractivity contribution is 5.99. The Hall–Kier alpha value is -3.11. The largest absolute Gasteiger partial charge is 0.462 e. The van der Waals surface area contributed by atoms with Gasteiger partial charge < -0.3 is 4.57 Å². The van der Waals surface area contributed by atoms with Crippen LogP contribution in [0.1, 0.15) is 11.1 Å². The van der Waals surface area contributed by atoms with Crippen LogP contribution in [0.25, 0.3) is 10.9 Å². The first kappa shape index (κ1) is 21.6. The molecule has 0 aliphatic carbocycles. The van der Waals surface area contributed by atoms with Crippen LogP contribution < -0.4 is 5.43 Å². The topological polar surface area (TPSA) is 29.3 Å². The Morgan fingerprint density at radius 3 is 2.17 bits per heavy atom. The van der Waals surface area contributed by atoms with Gasteiger partial charge in [0.25, 0.3) is 0 Å². The molecule has 0 radical (unpaired) electrons. The molecule has 11 heteroatoms. The lowest BCUT2D eigenvalue weighted by Gasteiger charge is -2.27. The monoisotopic (exact) mass is 435 g/mol. The van der Waals surface area contributed by atoms with Crippen molar-refractivity contribution in [3.63, 3.8) is 0 Å². The van der Waals surface area contributed by atoms with Gasteiger partial charge in [-0.15, -0.1) is 0 Å². The summed E-state index contributed by atoms with van der Waals surface area (Å²) >= 11 is 0. The van der Waals surface area contributed by atoms with E-state index in [1.807, 2.05) is 0 Å². The highest BCUT2D eigenvalue weighted by Gasteiger charge is 2.73. The van der Waals surface area contributed by atoms with E-state index in [2.05, 4.69) is 5.10 Å². The minimum absolute atomic E-state index is 0.200. The summed E-state index contributed by atoms with van der Waals surface area (Å²) in [7, 11) is 0. The summed E-state index contributed by atoms with van der Waals surface area (Å²) in [6.07, 6.45) is -4.27. The summed E-state index contributed by atoms with van der Waals surface area (Å²) in [5, 5.41) is 3.40. The number of benzene rings is 2. The Bertz CT molecular complexity index is 1050. The molecule has 0 aliphatic rings. The number of rotatable bonds is 6. The van der Waals surface area contributed by atoms with Gasteiger partial charge in [-0.05, 0) is 23.8 Å². The van der Waals surface area contributed by atoms with E-state index in [0.717, 1.165) is 11.8 Å². The lowest BCUT2D eigenvalue weighted by molar-refractivity contribution is -0.361. The Labute approximate surface area is 164 Å². The molecule has 0 spiro atoms. The van der Waals surface area contributed by atoms with Crippen LogP contribution in [0, 0.1) is 5.82 Å². The molecule has 3 nitrogen and oxygen atoms in total. The summed E-state index contributed by atoms with van der Waals surface area (Å²) < 4.78 is 104. The fourth-order valence-corrected chi connectivity index (χ4v) is 2.73. The predicted octanol–water partition coefficient (Wildman–Crippen LogP) is 5.54. The summed E-state index contributed by atoms with van der Waals surface area (Å²) in [5.74, 6) is -6.74. The van der Waals surface area contributed by atoms with Gasteiger partial charge in [0, 0.05) is 29.2 Å². The molecule has 1 heterocycles. The highest BCUT2D eigenvalue weighted by Crippen LogP contribution is 2.45. The van der Waals surface area contributed by atoms with Crippen LogP contribution in [0.2, 0.25) is 0 Å². The van der Waals surface area contributed by atoms with Crippen molar-refractivity contribution in [1.82, 2.24) is 9.99 Å². The predicted molar refractivity (Wildman–Crippen MR) is 94.1 cm³/mol. The lowest BCUT2D eigenvalue weighted by Crippen LogP contribution is -2.58. The van der Waals surface area contributed by atoms with Crippen molar-refractivity contribution in [3.05, 3.63) is 71.7 Å². The number of nitrogens with one attached hydrogen (secondary N) is 1. The zero-order valence-corrected chi connectivity index (χ0v) is 14.9. The maximum absolute atomic E-state index is 13.3. The molecular weight excluding hydrogens is 422 g/mol. The van der Waals surface area contributed by atoms with Gasteiger partial charge >= 0.3 is 18.1 Å². The molecule has 30 heavy (non-hydrogen) atoms. The first-order chi connectivity index (χ1) is 13.9. The minimum Gasteiger partial charge on any atom is -0.342 e. The van der Waals surface area contributed by atoms with Crippen LogP contribution in [-0.4, -0.2) is 28.9 Å². The molecule has 0 aliphatic heterocycles. The summed E-state index contributed by atoms with van der Waals surface area (Å²) in [6, 6.07) is 6.57. The molecule has 160 valence electrons. The Kier molecular flexibility index (Phi) is 5.48. The number of hydrazone groups is 1. The maximum atomic E-state index is 13.3. The van der Waals surface area contributed by atoms with Gasteiger partial charge in [0.1, 0.15) is 5.82 Å². The van der Waals surface area contributed by atoms with E-state index >= 15 is 0 Å². The molecule has 0 atom stereocenters. The van der Waals surface area contributed by atoms with Crippen LogP contribution >= 0.6 is 0 Å². The molecular formula is C19H13F8N3. The van der Waals surface area contributed by atoms with Crippen LogP contribution in [0.3, 0.4) is 0 Å². The normalized spacial score (nSPS) is 13.3. The van der Waals surface area contributed by atoms with Gasteiger partial charge in [0.15, 0.2) is 0 Å². The van der Waals surface area contributed by atoms with Crippen LogP contribution in [0.5, 0.6) is 0 Å². The van der Waals surface area contributed by atoms with Crippen molar-refractivity contribution in [2.75, 3.05) is 0 Å². The Balaban J connectivity index is 1.87. The second-order valence-corrected chi connectivity index (χ2v) is 6.37. The molecule has 0 unspecified atom stereocenters. The second kappa shape index (κ2) is 7.62. The zero-order valence-electron chi connectivity index (χ0n) is 14.9. The number of halogens is 8. The van der Waals surface area contributed by atoms with E-state index in [9.17, 15) is 35.1 Å². The van der Waals surface area contributed by atoms with E-state index in [1.54, 1.807) is 41.0 Å². The zero-order chi connectivity index (χ0) is 22.2. The quantitative estimate of drug-likeness (QED) is 0.234. The van der Waals surface area contributed by atoms with E-state index in [-0.39, 0.29) is 12.1 Å². The molecule has 2 aromatic carbocycles. The third-order valence-electron chi connectivity index (χ3n) is 4.24. The maximum Gasteiger partial charge on any atom is 0.462 e. The number of hydrogen-bond acceptors (Lipinski definition) is 2. The molecule has 0 amide bonds. The van der Waals surface area contributed by atoms with Gasteiger partial charge in [-0.3, -0.25) is 0 Å². The average Bonchev–Trinajstić information content (AvgIpc) is 3.00. The molecule has 0 saturated heterocycles. The molecule has 1 N–H and O–H groups in total. The minimum atomic E-state index is -6.45. The van der Waals surface area contributed by atoms with Crippen LogP contribution in [-0.2, 0) is 6.54 Å². The van der Waals surface area contributed by atoms with Gasteiger partial charge in [-0.25, -0.2) is 9.82 Å². The molecule has 3 aromatic rings. The van der Waals surface area contributed by atoms with Gasteiger partial charge in [0.2, 0.25) is 0 Å². The Morgan fingerprint density at radius 2 is 1.53 bits per heavy atom. The van der Waals surface area contributed by atoms with Crippen molar-refractivity contribution < 1.29 is 35.1 Å². The molecule has 1 aromatic heterocycles. The summed E-state index contributed by atoms with van der Waals surface area (Å²) in [4.78, 5) is 0. The third kappa shape index (κ3) is 4.10. The SMILES string of the molecule is Fc1ccc(Cn2cc(/C=N/NC(F)(F)C(F)(F)C(F)(F)F)c3ccccc32)cc1. The van der Waals surface area contributed by atoms with Crippen molar-refractivity contribution in [2.45, 2.75) is 24.7 Å². The van der Waals surface area contributed by atoms with E-state index in [0.29, 0.717) is 16.3 Å². The van der Waals surface area contributed by atoms with Gasteiger partial charge in [0.05, 0.1) is 6.21 Å². The first-order valence-corrected chi connectivity index (χ1v) is 8.37. The highest BCUT2D eigenvalue weighted by atomic mass is 19.4. The third-order valence-corrected chi connectivity index (χ3v) is 4.24. The number of fused-ring (bicyclic) bond motifs is 1. The number of aromatic nitrogens is 1. The molecule has 0 bridgehead atoms. The van der Waals surface area contributed by atoms with Crippen LogP contribution in [0.4, 0.5) is 35.1 Å². The Morgan fingerprint density at radius 1 is 0.900 bits per heavy atom. The van der Waals surface area contributed by atoms with Gasteiger partial charge in [-0.1, -0.05) is 30.3 Å². The number of nitrogens with zero attached hydrogens (tertiary/aromatic N) is 2. The van der Waals surface area contributed by atoms with Crippen molar-refractivity contribution in [3.8, 4) is 0 Å². The smallest absolute Gasteiger partial charge is 0.342 e. The van der Waals surface area contributed by atoms with Crippen molar-refractivity contribution in [1.29, 1.82) is 0 Å². The lowest BCUT2D eigenvalue weighted by atomic mass is 10.2. The van der Waals surface area contributed by atoms with Crippen LogP contribution in [0.15, 0.2) is 59.8 Å². The standard InChI is InChI=1S/C19H13F8N3/c20-14-7-5-12(6-8-14)10-30-11-13(15-3-1-2-4-16(15)30)9-28-29-19(26,27)17(21,22)18(23,24)25/h1-9,11,29H,10H2/b28-9+. The molecule has 0 saturated carbocycles. The molecule has 3 rings (SSSR count). The van der Waals surface area contributed by atoms with E-state index < -0.39 is 24.0 Å². The van der Waals surface area contributed by atoms with E-state index in [1.165, 1.54) is 18.3 Å². The second-order valence-electron chi connectivity index (χ2n) is 6.37. The molecule has 0 fully saturated rings.